The predicted molar refractivity (Wildman–Crippen MR) is 90.3 cm³/mol. The van der Waals surface area contributed by atoms with Crippen LogP contribution in [0.15, 0.2) is 39.9 Å². The van der Waals surface area contributed by atoms with Crippen molar-refractivity contribution in [2.45, 2.75) is 43.5 Å². The van der Waals surface area contributed by atoms with E-state index in [-0.39, 0.29) is 10.9 Å². The molecule has 2 heterocycles. The van der Waals surface area contributed by atoms with Gasteiger partial charge in [0.05, 0.1) is 13.3 Å². The van der Waals surface area contributed by atoms with Crippen LogP contribution in [-0.2, 0) is 10.0 Å². The monoisotopic (exact) mass is 350 g/mol. The normalized spacial score (nSPS) is 19.3. The van der Waals surface area contributed by atoms with Crippen LogP contribution in [0.4, 0.5) is 0 Å². The highest BCUT2D eigenvalue weighted by Gasteiger charge is 2.34. The molecule has 6 nitrogen and oxygen atoms in total. The number of nitrogens with zero attached hydrogens (tertiary/aromatic N) is 2. The summed E-state index contributed by atoms with van der Waals surface area (Å²) in [5, 5.41) is 3.68. The van der Waals surface area contributed by atoms with Gasteiger partial charge in [-0.2, -0.15) is 4.31 Å². The maximum Gasteiger partial charge on any atom is 0.247 e. The van der Waals surface area contributed by atoms with Crippen molar-refractivity contribution in [2.24, 2.45) is 0 Å². The van der Waals surface area contributed by atoms with Crippen molar-refractivity contribution >= 4 is 10.0 Å². The van der Waals surface area contributed by atoms with Crippen LogP contribution < -0.4 is 4.74 Å². The number of sulfonamides is 1. The van der Waals surface area contributed by atoms with E-state index < -0.39 is 10.0 Å². The Hall–Kier alpha value is -1.86. The topological polar surface area (TPSA) is 72.6 Å². The van der Waals surface area contributed by atoms with E-state index >= 15 is 0 Å². The van der Waals surface area contributed by atoms with Crippen LogP contribution >= 0.6 is 0 Å². The van der Waals surface area contributed by atoms with Gasteiger partial charge in [-0.1, -0.05) is 18.5 Å². The molecule has 1 saturated heterocycles. The van der Waals surface area contributed by atoms with E-state index in [4.69, 9.17) is 9.26 Å². The second kappa shape index (κ2) is 6.94. The first-order valence-corrected chi connectivity index (χ1v) is 9.63. The predicted octanol–water partition coefficient (Wildman–Crippen LogP) is 3.30. The molecule has 0 saturated carbocycles. The summed E-state index contributed by atoms with van der Waals surface area (Å²) < 4.78 is 38.4. The molecule has 2 aromatic rings. The minimum Gasteiger partial charge on any atom is -0.495 e. The third kappa shape index (κ3) is 3.06. The molecular formula is C17H22N2O4S. The van der Waals surface area contributed by atoms with E-state index in [1.807, 2.05) is 6.92 Å². The first-order chi connectivity index (χ1) is 11.6. The van der Waals surface area contributed by atoms with Crippen molar-refractivity contribution in [3.05, 3.63) is 30.5 Å². The number of piperidine rings is 1. The summed E-state index contributed by atoms with van der Waals surface area (Å²) in [5.41, 5.74) is 0.731. The Morgan fingerprint density at radius 2 is 2.17 bits per heavy atom. The quantitative estimate of drug-likeness (QED) is 0.827. The number of rotatable bonds is 5. The van der Waals surface area contributed by atoms with Gasteiger partial charge in [-0.25, -0.2) is 8.42 Å². The minimum absolute atomic E-state index is 0.0578. The van der Waals surface area contributed by atoms with Crippen molar-refractivity contribution in [1.82, 2.24) is 9.46 Å². The van der Waals surface area contributed by atoms with Gasteiger partial charge in [-0.15, -0.1) is 0 Å². The fourth-order valence-corrected chi connectivity index (χ4v) is 5.13. The molecule has 24 heavy (non-hydrogen) atoms. The van der Waals surface area contributed by atoms with Crippen LogP contribution in [0.25, 0.3) is 11.3 Å². The molecule has 1 unspecified atom stereocenters. The third-order valence-electron chi connectivity index (χ3n) is 4.52. The highest BCUT2D eigenvalue weighted by molar-refractivity contribution is 7.89. The van der Waals surface area contributed by atoms with Gasteiger partial charge >= 0.3 is 0 Å². The number of hydrogen-bond acceptors (Lipinski definition) is 5. The van der Waals surface area contributed by atoms with Crippen molar-refractivity contribution in [3.8, 4) is 17.1 Å². The van der Waals surface area contributed by atoms with Crippen LogP contribution in [0.5, 0.6) is 5.75 Å². The van der Waals surface area contributed by atoms with E-state index in [0.29, 0.717) is 18.1 Å². The molecule has 0 bridgehead atoms. The van der Waals surface area contributed by atoms with Gasteiger partial charge in [0.25, 0.3) is 0 Å². The molecule has 0 radical (unpaired) electrons. The van der Waals surface area contributed by atoms with Crippen LogP contribution in [0.2, 0.25) is 0 Å². The van der Waals surface area contributed by atoms with E-state index in [0.717, 1.165) is 31.2 Å². The number of methoxy groups -OCH3 is 1. The zero-order valence-electron chi connectivity index (χ0n) is 13.9. The lowest BCUT2D eigenvalue weighted by molar-refractivity contribution is 0.246. The average molecular weight is 350 g/mol. The Morgan fingerprint density at radius 1 is 1.33 bits per heavy atom. The lowest BCUT2D eigenvalue weighted by Crippen LogP contribution is -2.43. The summed E-state index contributed by atoms with van der Waals surface area (Å²) in [5.74, 6) is 0.894. The lowest BCUT2D eigenvalue weighted by Gasteiger charge is -2.34. The third-order valence-corrected chi connectivity index (χ3v) is 6.51. The van der Waals surface area contributed by atoms with Gasteiger partial charge in [0.2, 0.25) is 10.0 Å². The minimum atomic E-state index is -3.59. The molecule has 0 aliphatic carbocycles. The zero-order chi connectivity index (χ0) is 17.2. The molecule has 1 aromatic carbocycles. The second-order valence-corrected chi connectivity index (χ2v) is 7.77. The molecule has 1 atom stereocenters. The molecule has 0 amide bonds. The van der Waals surface area contributed by atoms with Crippen molar-refractivity contribution in [2.75, 3.05) is 13.7 Å². The van der Waals surface area contributed by atoms with Gasteiger partial charge < -0.3 is 9.26 Å². The summed E-state index contributed by atoms with van der Waals surface area (Å²) in [6.07, 6.45) is 5.25. The first kappa shape index (κ1) is 17.0. The van der Waals surface area contributed by atoms with Crippen LogP contribution in [-0.4, -0.2) is 37.6 Å². The molecular weight excluding hydrogens is 328 g/mol. The number of benzene rings is 1. The fourth-order valence-electron chi connectivity index (χ4n) is 3.22. The van der Waals surface area contributed by atoms with Gasteiger partial charge in [-0.05, 0) is 37.5 Å². The highest BCUT2D eigenvalue weighted by Crippen LogP contribution is 2.34. The van der Waals surface area contributed by atoms with Crippen molar-refractivity contribution in [3.63, 3.8) is 0 Å². The fraction of sp³-hybridized carbons (Fsp3) is 0.471. The second-order valence-electron chi connectivity index (χ2n) is 5.92. The smallest absolute Gasteiger partial charge is 0.247 e. The Bertz CT molecular complexity index is 787. The number of ether oxygens (including phenoxy) is 1. The van der Waals surface area contributed by atoms with Gasteiger partial charge in [0, 0.05) is 24.2 Å². The molecule has 1 aliphatic heterocycles. The first-order valence-electron chi connectivity index (χ1n) is 8.19. The molecule has 130 valence electrons. The number of aromatic nitrogens is 1. The van der Waals surface area contributed by atoms with E-state index in [2.05, 4.69) is 5.16 Å². The van der Waals surface area contributed by atoms with E-state index in [9.17, 15) is 8.42 Å². The number of hydrogen-bond donors (Lipinski definition) is 0. The Morgan fingerprint density at radius 3 is 2.83 bits per heavy atom. The Labute approximate surface area is 142 Å². The largest absolute Gasteiger partial charge is 0.495 e. The Balaban J connectivity index is 2.01. The van der Waals surface area contributed by atoms with Gasteiger partial charge in [0.15, 0.2) is 5.76 Å². The zero-order valence-corrected chi connectivity index (χ0v) is 14.8. The molecule has 0 spiro atoms. The van der Waals surface area contributed by atoms with Gasteiger partial charge in [0.1, 0.15) is 10.6 Å². The van der Waals surface area contributed by atoms with E-state index in [1.54, 1.807) is 34.8 Å². The standard InChI is InChI=1S/C17H22N2O4S/c1-3-14-6-4-5-11-19(14)24(20,21)17-8-7-13(12-16(17)22-2)15-9-10-18-23-15/h7-10,12,14H,3-6,11H2,1-2H3. The molecule has 1 fully saturated rings. The van der Waals surface area contributed by atoms with E-state index in [1.165, 1.54) is 7.11 Å². The summed E-state index contributed by atoms with van der Waals surface area (Å²) in [4.78, 5) is 0.202. The molecule has 3 rings (SSSR count). The maximum atomic E-state index is 13.1. The molecule has 0 N–H and O–H groups in total. The summed E-state index contributed by atoms with van der Waals surface area (Å²) in [6, 6.07) is 6.77. The lowest BCUT2D eigenvalue weighted by atomic mass is 10.0. The summed E-state index contributed by atoms with van der Waals surface area (Å²) in [7, 11) is -2.11. The Kier molecular flexibility index (Phi) is 4.91. The summed E-state index contributed by atoms with van der Waals surface area (Å²) in [6.45, 7) is 2.59. The molecule has 1 aliphatic rings. The average Bonchev–Trinajstić information content (AvgIpc) is 3.15. The van der Waals surface area contributed by atoms with Crippen molar-refractivity contribution < 1.29 is 17.7 Å². The van der Waals surface area contributed by atoms with Crippen LogP contribution in [0.3, 0.4) is 0 Å². The van der Waals surface area contributed by atoms with Gasteiger partial charge in [-0.3, -0.25) is 0 Å². The maximum absolute atomic E-state index is 13.1. The summed E-state index contributed by atoms with van der Waals surface area (Å²) >= 11 is 0. The highest BCUT2D eigenvalue weighted by atomic mass is 32.2. The van der Waals surface area contributed by atoms with Crippen LogP contribution in [0, 0.1) is 0 Å². The van der Waals surface area contributed by atoms with Crippen molar-refractivity contribution in [1.29, 1.82) is 0 Å². The van der Waals surface area contributed by atoms with Crippen LogP contribution in [0.1, 0.15) is 32.6 Å². The molecule has 7 heteroatoms. The molecule has 1 aromatic heterocycles. The SMILES string of the molecule is CCC1CCCCN1S(=O)(=O)c1ccc(-c2ccno2)cc1OC.